The topological polar surface area (TPSA) is 91.8 Å². The van der Waals surface area contributed by atoms with Gasteiger partial charge in [0.15, 0.2) is 0 Å². The summed E-state index contributed by atoms with van der Waals surface area (Å²) in [4.78, 5) is 22.1. The number of fused-ring (bicyclic) bond motifs is 1. The number of pyridine rings is 1. The Balaban J connectivity index is 0.967. The first kappa shape index (κ1) is 31.3. The number of para-hydroxylation sites is 1. The number of carbonyl (C=O) groups excluding carboxylic acids is 1. The first-order valence-corrected chi connectivity index (χ1v) is 17.9. The molecule has 3 aliphatic rings. The number of ether oxygens (including phenoxy) is 1. The van der Waals surface area contributed by atoms with Crippen molar-refractivity contribution >= 4 is 32.5 Å². The molecule has 2 aliphatic carbocycles. The third kappa shape index (κ3) is 8.13. The predicted octanol–water partition coefficient (Wildman–Crippen LogP) is 6.63. The van der Waals surface area contributed by atoms with Gasteiger partial charge in [0.25, 0.3) is 15.9 Å². The van der Waals surface area contributed by atoms with Gasteiger partial charge in [0.05, 0.1) is 17.9 Å². The molecule has 1 amide bonds. The number of unbranched alkanes of at least 4 members (excludes halogenated alkanes) is 1. The van der Waals surface area contributed by atoms with Crippen LogP contribution in [-0.4, -0.2) is 68.4 Å². The molecule has 1 aromatic heterocycles. The van der Waals surface area contributed by atoms with Crippen LogP contribution < -0.4 is 4.72 Å². The molecule has 1 atom stereocenters. The third-order valence-electron chi connectivity index (χ3n) is 9.29. The Bertz CT molecular complexity index is 1630. The fourth-order valence-electron chi connectivity index (χ4n) is 6.52. The molecule has 9 heteroatoms. The minimum Gasteiger partial charge on any atom is -0.498 e. The zero-order chi connectivity index (χ0) is 31.1. The summed E-state index contributed by atoms with van der Waals surface area (Å²) in [5.41, 5.74) is 1.37. The lowest BCUT2D eigenvalue weighted by Gasteiger charge is -2.27. The second-order valence-electron chi connectivity index (χ2n) is 12.6. The van der Waals surface area contributed by atoms with Crippen molar-refractivity contribution in [3.8, 4) is 0 Å². The zero-order valence-electron chi connectivity index (χ0n) is 25.9. The quantitative estimate of drug-likeness (QED) is 0.227. The average Bonchev–Trinajstić information content (AvgIpc) is 3.27. The highest BCUT2D eigenvalue weighted by Crippen LogP contribution is 2.31. The van der Waals surface area contributed by atoms with Crippen LogP contribution in [0.15, 0.2) is 89.7 Å². The van der Waals surface area contributed by atoms with E-state index in [0.717, 1.165) is 62.6 Å². The summed E-state index contributed by atoms with van der Waals surface area (Å²) in [6, 6.07) is 15.4. The predicted molar refractivity (Wildman–Crippen MR) is 178 cm³/mol. The first-order chi connectivity index (χ1) is 21.9. The molecule has 238 valence electrons. The van der Waals surface area contributed by atoms with Crippen LogP contribution in [0.4, 0.5) is 5.69 Å². The van der Waals surface area contributed by atoms with Crippen LogP contribution in [0.25, 0.3) is 10.9 Å². The number of sulfonamides is 1. The van der Waals surface area contributed by atoms with Gasteiger partial charge in [-0.15, -0.1) is 0 Å². The van der Waals surface area contributed by atoms with Crippen LogP contribution in [0.2, 0.25) is 0 Å². The van der Waals surface area contributed by atoms with Crippen LogP contribution in [0.3, 0.4) is 0 Å². The van der Waals surface area contributed by atoms with Crippen molar-refractivity contribution in [1.29, 1.82) is 0 Å². The number of amides is 1. The Kier molecular flexibility index (Phi) is 10.2. The number of allylic oxidation sites excluding steroid dienone is 3. The number of hydrogen-bond acceptors (Lipinski definition) is 6. The molecule has 2 heterocycles. The molecule has 3 aromatic rings. The SMILES string of the molecule is O=C(c1ccc(NS(=O)(=O)c2cccc3cccnc23)cc1)N1CCCN(CC2C=CC=C(OCCCCC3CCC3)C2)CC1. The summed E-state index contributed by atoms with van der Waals surface area (Å²) in [6.07, 6.45) is 18.0. The molecule has 1 aliphatic heterocycles. The highest BCUT2D eigenvalue weighted by atomic mass is 32.2. The number of rotatable bonds is 12. The standard InChI is InChI=1S/C36H44N4O4S/c41-36(31-16-18-32(19-17-31)38-45(42,43)34-15-5-12-30-13-6-20-37-35(30)34)40-22-7-21-39(23-24-40)27-29-11-4-14-33(26-29)44-25-2-1-8-28-9-3-10-28/h4-6,11-20,28-29,38H,1-3,7-10,21-27H2. The molecule has 0 spiro atoms. The van der Waals surface area contributed by atoms with Gasteiger partial charge in [-0.2, -0.15) is 0 Å². The number of benzene rings is 2. The highest BCUT2D eigenvalue weighted by Gasteiger charge is 2.24. The van der Waals surface area contributed by atoms with E-state index in [1.807, 2.05) is 17.0 Å². The minimum absolute atomic E-state index is 0.0296. The Morgan fingerprint density at radius 2 is 1.80 bits per heavy atom. The van der Waals surface area contributed by atoms with E-state index in [0.29, 0.717) is 35.8 Å². The van der Waals surface area contributed by atoms with Crippen molar-refractivity contribution in [3.63, 3.8) is 0 Å². The summed E-state index contributed by atoms with van der Waals surface area (Å²) < 4.78 is 35.1. The monoisotopic (exact) mass is 628 g/mol. The molecular formula is C36H44N4O4S. The number of nitrogens with zero attached hydrogens (tertiary/aromatic N) is 3. The van der Waals surface area contributed by atoms with E-state index in [2.05, 4.69) is 32.8 Å². The van der Waals surface area contributed by atoms with Gasteiger partial charge in [0.2, 0.25) is 0 Å². The Morgan fingerprint density at radius 1 is 0.956 bits per heavy atom. The van der Waals surface area contributed by atoms with E-state index in [1.165, 1.54) is 32.1 Å². The molecule has 45 heavy (non-hydrogen) atoms. The third-order valence-corrected chi connectivity index (χ3v) is 10.7. The summed E-state index contributed by atoms with van der Waals surface area (Å²) in [6.45, 7) is 4.93. The maximum absolute atomic E-state index is 13.4. The zero-order valence-corrected chi connectivity index (χ0v) is 26.8. The molecule has 0 bridgehead atoms. The van der Waals surface area contributed by atoms with E-state index >= 15 is 0 Å². The molecule has 8 nitrogen and oxygen atoms in total. The van der Waals surface area contributed by atoms with Crippen LogP contribution in [-0.2, 0) is 14.8 Å². The van der Waals surface area contributed by atoms with Gasteiger partial charge in [-0.25, -0.2) is 8.42 Å². The molecule has 1 N–H and O–H groups in total. The largest absolute Gasteiger partial charge is 0.498 e. The number of aromatic nitrogens is 1. The molecule has 2 fully saturated rings. The van der Waals surface area contributed by atoms with Crippen molar-refractivity contribution in [3.05, 3.63) is 90.3 Å². The van der Waals surface area contributed by atoms with Gasteiger partial charge in [0.1, 0.15) is 4.90 Å². The van der Waals surface area contributed by atoms with Gasteiger partial charge in [-0.1, -0.05) is 56.0 Å². The Morgan fingerprint density at radius 3 is 2.62 bits per heavy atom. The van der Waals surface area contributed by atoms with E-state index < -0.39 is 10.0 Å². The molecule has 1 saturated heterocycles. The van der Waals surface area contributed by atoms with E-state index in [1.54, 1.807) is 48.7 Å². The summed E-state index contributed by atoms with van der Waals surface area (Å²) >= 11 is 0. The molecular weight excluding hydrogens is 584 g/mol. The second kappa shape index (κ2) is 14.6. The molecule has 1 unspecified atom stereocenters. The maximum atomic E-state index is 13.4. The van der Waals surface area contributed by atoms with E-state index in [4.69, 9.17) is 4.74 Å². The molecule has 2 aromatic carbocycles. The lowest BCUT2D eigenvalue weighted by Crippen LogP contribution is -2.36. The van der Waals surface area contributed by atoms with Crippen molar-refractivity contribution in [2.45, 2.75) is 56.3 Å². The Hall–Kier alpha value is -3.69. The smallest absolute Gasteiger partial charge is 0.264 e. The van der Waals surface area contributed by atoms with Crippen molar-refractivity contribution in [1.82, 2.24) is 14.8 Å². The second-order valence-corrected chi connectivity index (χ2v) is 14.2. The van der Waals surface area contributed by atoms with Crippen molar-refractivity contribution in [2.24, 2.45) is 11.8 Å². The van der Waals surface area contributed by atoms with Gasteiger partial charge in [-0.05, 0) is 80.1 Å². The van der Waals surface area contributed by atoms with Crippen LogP contribution in [0.5, 0.6) is 0 Å². The molecule has 1 saturated carbocycles. The van der Waals surface area contributed by atoms with E-state index in [9.17, 15) is 13.2 Å². The van der Waals surface area contributed by atoms with E-state index in [-0.39, 0.29) is 10.8 Å². The fraction of sp³-hybridized carbons (Fsp3) is 0.444. The van der Waals surface area contributed by atoms with Gasteiger partial charge < -0.3 is 14.5 Å². The first-order valence-electron chi connectivity index (χ1n) is 16.4. The Labute approximate surface area is 267 Å². The number of hydrogen-bond donors (Lipinski definition) is 1. The lowest BCUT2D eigenvalue weighted by atomic mass is 9.82. The summed E-state index contributed by atoms with van der Waals surface area (Å²) in [5.74, 6) is 2.46. The van der Waals surface area contributed by atoms with Crippen molar-refractivity contribution in [2.75, 3.05) is 44.1 Å². The van der Waals surface area contributed by atoms with Gasteiger partial charge >= 0.3 is 0 Å². The lowest BCUT2D eigenvalue weighted by molar-refractivity contribution is 0.0761. The van der Waals surface area contributed by atoms with Gasteiger partial charge in [-0.3, -0.25) is 14.5 Å². The fourth-order valence-corrected chi connectivity index (χ4v) is 7.76. The van der Waals surface area contributed by atoms with Crippen LogP contribution >= 0.6 is 0 Å². The molecule has 6 rings (SSSR count). The summed E-state index contributed by atoms with van der Waals surface area (Å²) in [7, 11) is -3.86. The number of anilines is 1. The minimum atomic E-state index is -3.86. The normalized spacial score (nSPS) is 19.5. The highest BCUT2D eigenvalue weighted by molar-refractivity contribution is 7.93. The van der Waals surface area contributed by atoms with Crippen molar-refractivity contribution < 1.29 is 17.9 Å². The van der Waals surface area contributed by atoms with Gasteiger partial charge in [0, 0.05) is 55.4 Å². The van der Waals surface area contributed by atoms with Crippen LogP contribution in [0, 0.1) is 11.8 Å². The number of nitrogens with one attached hydrogen (secondary N) is 1. The average molecular weight is 629 g/mol. The summed E-state index contributed by atoms with van der Waals surface area (Å²) in [5, 5.41) is 0.753. The number of carbonyl (C=O) groups is 1. The van der Waals surface area contributed by atoms with Crippen LogP contribution in [0.1, 0.15) is 61.7 Å². The molecule has 0 radical (unpaired) electrons. The maximum Gasteiger partial charge on any atom is 0.264 e.